The molecular weight excluding hydrogens is 334 g/mol. The zero-order chi connectivity index (χ0) is 18.9. The molecule has 0 saturated heterocycles. The number of ether oxygens (including phenoxy) is 2. The van der Waals surface area contributed by atoms with Crippen molar-refractivity contribution >= 4 is 0 Å². The summed E-state index contributed by atoms with van der Waals surface area (Å²) in [6, 6.07) is 16.0. The fraction of sp³-hybridized carbons (Fsp3) is 0.500. The molecule has 1 saturated carbocycles. The molecule has 1 N–H and O–H groups in total. The number of aryl methyl sites for hydroxylation is 2. The molecule has 0 unspecified atom stereocenters. The molecule has 2 aliphatic rings. The third-order valence-electron chi connectivity index (χ3n) is 6.39. The molecule has 1 aliphatic carbocycles. The Morgan fingerprint density at radius 3 is 2.63 bits per heavy atom. The predicted octanol–water partition coefficient (Wildman–Crippen LogP) is 4.78. The van der Waals surface area contributed by atoms with Gasteiger partial charge >= 0.3 is 0 Å². The Morgan fingerprint density at radius 2 is 1.89 bits per heavy atom. The number of rotatable bonds is 4. The van der Waals surface area contributed by atoms with Gasteiger partial charge < -0.3 is 14.8 Å². The predicted molar refractivity (Wildman–Crippen MR) is 109 cm³/mol. The molecule has 1 heterocycles. The van der Waals surface area contributed by atoms with Crippen molar-refractivity contribution in [1.29, 1.82) is 0 Å². The minimum atomic E-state index is -0.173. The lowest BCUT2D eigenvalue weighted by molar-refractivity contribution is -0.224. The molecule has 1 aliphatic heterocycles. The van der Waals surface area contributed by atoms with Gasteiger partial charge in [0.05, 0.1) is 5.60 Å². The molecule has 2 aromatic rings. The van der Waals surface area contributed by atoms with Gasteiger partial charge in [-0.3, -0.25) is 0 Å². The molecule has 27 heavy (non-hydrogen) atoms. The molecule has 1 atom stereocenters. The van der Waals surface area contributed by atoms with Gasteiger partial charge in [0, 0.05) is 26.1 Å². The minimum Gasteiger partial charge on any atom is -0.356 e. The summed E-state index contributed by atoms with van der Waals surface area (Å²) >= 11 is 0. The van der Waals surface area contributed by atoms with E-state index in [-0.39, 0.29) is 11.9 Å². The van der Waals surface area contributed by atoms with E-state index in [9.17, 15) is 0 Å². The van der Waals surface area contributed by atoms with E-state index in [1.54, 1.807) is 7.11 Å². The van der Waals surface area contributed by atoms with Gasteiger partial charge in [-0.25, -0.2) is 0 Å². The number of hydrogen-bond donors (Lipinski definition) is 1. The van der Waals surface area contributed by atoms with Gasteiger partial charge in [-0.05, 0) is 61.8 Å². The van der Waals surface area contributed by atoms with Crippen LogP contribution >= 0.6 is 0 Å². The Kier molecular flexibility index (Phi) is 5.36. The van der Waals surface area contributed by atoms with Crippen LogP contribution in [0.15, 0.2) is 42.5 Å². The number of benzene rings is 2. The summed E-state index contributed by atoms with van der Waals surface area (Å²) in [4.78, 5) is 0. The largest absolute Gasteiger partial charge is 0.356 e. The fourth-order valence-electron chi connectivity index (χ4n) is 4.78. The summed E-state index contributed by atoms with van der Waals surface area (Å²) in [6.45, 7) is 5.31. The Balaban J connectivity index is 1.42. The SMILES string of the molecule is CO[C@H]1Cc2ccccc2C2(CCC(NCc3ccc(C)cc3C)CC2)O1. The monoisotopic (exact) mass is 365 g/mol. The van der Waals surface area contributed by atoms with Crippen LogP contribution in [0.5, 0.6) is 0 Å². The molecule has 3 nitrogen and oxygen atoms in total. The van der Waals surface area contributed by atoms with Crippen LogP contribution < -0.4 is 5.32 Å². The molecule has 0 aromatic heterocycles. The van der Waals surface area contributed by atoms with E-state index in [0.717, 1.165) is 38.6 Å². The molecule has 0 radical (unpaired) electrons. The van der Waals surface area contributed by atoms with Crippen LogP contribution in [0, 0.1) is 13.8 Å². The Morgan fingerprint density at radius 1 is 1.11 bits per heavy atom. The van der Waals surface area contributed by atoms with Crippen molar-refractivity contribution in [3.63, 3.8) is 0 Å². The van der Waals surface area contributed by atoms with Crippen LogP contribution in [0.2, 0.25) is 0 Å². The van der Waals surface area contributed by atoms with Gasteiger partial charge in [0.2, 0.25) is 0 Å². The van der Waals surface area contributed by atoms with Crippen LogP contribution in [-0.4, -0.2) is 19.4 Å². The lowest BCUT2D eigenvalue weighted by atomic mass is 9.74. The van der Waals surface area contributed by atoms with E-state index in [1.807, 2.05) is 0 Å². The van der Waals surface area contributed by atoms with E-state index in [0.29, 0.717) is 6.04 Å². The first kappa shape index (κ1) is 18.7. The van der Waals surface area contributed by atoms with Gasteiger partial charge in [0.1, 0.15) is 0 Å². The Bertz CT molecular complexity index is 793. The summed E-state index contributed by atoms with van der Waals surface area (Å²) in [7, 11) is 1.75. The second-order valence-corrected chi connectivity index (χ2v) is 8.22. The van der Waals surface area contributed by atoms with E-state index in [4.69, 9.17) is 9.47 Å². The van der Waals surface area contributed by atoms with Gasteiger partial charge in [-0.15, -0.1) is 0 Å². The second-order valence-electron chi connectivity index (χ2n) is 8.22. The maximum atomic E-state index is 6.48. The number of nitrogens with one attached hydrogen (secondary N) is 1. The van der Waals surface area contributed by atoms with Gasteiger partial charge in [0.15, 0.2) is 6.29 Å². The maximum Gasteiger partial charge on any atom is 0.162 e. The number of fused-ring (bicyclic) bond motifs is 2. The number of hydrogen-bond acceptors (Lipinski definition) is 3. The molecule has 144 valence electrons. The van der Waals surface area contributed by atoms with Crippen LogP contribution in [0.4, 0.5) is 0 Å². The molecular formula is C24H31NO2. The maximum absolute atomic E-state index is 6.48. The van der Waals surface area contributed by atoms with E-state index in [2.05, 4.69) is 61.6 Å². The highest BCUT2D eigenvalue weighted by Crippen LogP contribution is 2.46. The first-order valence-corrected chi connectivity index (χ1v) is 10.2. The summed E-state index contributed by atoms with van der Waals surface area (Å²) in [5.41, 5.74) is 6.70. The van der Waals surface area contributed by atoms with Crippen molar-refractivity contribution in [2.75, 3.05) is 7.11 Å². The summed E-state index contributed by atoms with van der Waals surface area (Å²) in [5, 5.41) is 3.78. The van der Waals surface area contributed by atoms with Crippen molar-refractivity contribution in [3.8, 4) is 0 Å². The lowest BCUT2D eigenvalue weighted by Crippen LogP contribution is -2.46. The molecule has 1 spiro atoms. The average molecular weight is 366 g/mol. The standard InChI is InChI=1S/C24H31NO2/c1-17-8-9-20(18(2)14-17)16-25-21-10-12-24(13-11-21)22-7-5-4-6-19(22)15-23(26-3)27-24/h4-9,14,21,23,25H,10-13,15-16H2,1-3H3/t21?,23-,24?/m1/s1. The highest BCUT2D eigenvalue weighted by molar-refractivity contribution is 5.35. The fourth-order valence-corrected chi connectivity index (χ4v) is 4.78. The molecule has 4 rings (SSSR count). The quantitative estimate of drug-likeness (QED) is 0.846. The Labute approximate surface area is 163 Å². The number of methoxy groups -OCH3 is 1. The van der Waals surface area contributed by atoms with Gasteiger partial charge in [-0.2, -0.15) is 0 Å². The van der Waals surface area contributed by atoms with Crippen molar-refractivity contribution in [2.24, 2.45) is 0 Å². The first-order chi connectivity index (χ1) is 13.1. The van der Waals surface area contributed by atoms with Crippen LogP contribution in [0.25, 0.3) is 0 Å². The normalized spacial score (nSPS) is 27.5. The third kappa shape index (κ3) is 3.82. The summed E-state index contributed by atoms with van der Waals surface area (Å²) < 4.78 is 12.1. The summed E-state index contributed by atoms with van der Waals surface area (Å²) in [6.07, 6.45) is 5.09. The van der Waals surface area contributed by atoms with Crippen molar-refractivity contribution < 1.29 is 9.47 Å². The third-order valence-corrected chi connectivity index (χ3v) is 6.39. The van der Waals surface area contributed by atoms with Crippen LogP contribution in [0.3, 0.4) is 0 Å². The zero-order valence-electron chi connectivity index (χ0n) is 16.8. The van der Waals surface area contributed by atoms with E-state index < -0.39 is 0 Å². The molecule has 0 amide bonds. The Hall–Kier alpha value is -1.68. The molecule has 2 aromatic carbocycles. The highest BCUT2D eigenvalue weighted by Gasteiger charge is 2.43. The van der Waals surface area contributed by atoms with Crippen LogP contribution in [0.1, 0.15) is 53.5 Å². The second kappa shape index (κ2) is 7.75. The molecule has 1 fully saturated rings. The van der Waals surface area contributed by atoms with E-state index >= 15 is 0 Å². The van der Waals surface area contributed by atoms with Crippen LogP contribution in [-0.2, 0) is 28.0 Å². The molecule has 3 heteroatoms. The lowest BCUT2D eigenvalue weighted by Gasteiger charge is -2.46. The smallest absolute Gasteiger partial charge is 0.162 e. The van der Waals surface area contributed by atoms with Crippen molar-refractivity contribution in [3.05, 3.63) is 70.3 Å². The van der Waals surface area contributed by atoms with E-state index in [1.165, 1.54) is 27.8 Å². The van der Waals surface area contributed by atoms with Crippen molar-refractivity contribution in [1.82, 2.24) is 5.32 Å². The molecule has 0 bridgehead atoms. The topological polar surface area (TPSA) is 30.5 Å². The average Bonchev–Trinajstić information content (AvgIpc) is 2.68. The van der Waals surface area contributed by atoms with Crippen molar-refractivity contribution in [2.45, 2.75) is 70.4 Å². The van der Waals surface area contributed by atoms with Gasteiger partial charge in [-0.1, -0.05) is 48.0 Å². The summed E-state index contributed by atoms with van der Waals surface area (Å²) in [5.74, 6) is 0. The zero-order valence-corrected chi connectivity index (χ0v) is 16.8. The minimum absolute atomic E-state index is 0.125. The highest BCUT2D eigenvalue weighted by atomic mass is 16.7. The van der Waals surface area contributed by atoms with Gasteiger partial charge in [0.25, 0.3) is 0 Å². The first-order valence-electron chi connectivity index (χ1n) is 10.2.